The Hall–Kier alpha value is -4.11. The monoisotopic (exact) mass is 912 g/mol. The van der Waals surface area contributed by atoms with Crippen molar-refractivity contribution in [2.75, 3.05) is 0 Å². The van der Waals surface area contributed by atoms with Crippen molar-refractivity contribution in [3.63, 3.8) is 0 Å². The van der Waals surface area contributed by atoms with Gasteiger partial charge in [-0.3, -0.25) is 0 Å². The van der Waals surface area contributed by atoms with Crippen LogP contribution in [-0.4, -0.2) is 8.07 Å². The van der Waals surface area contributed by atoms with Crippen LogP contribution in [0.1, 0.15) is 95.8 Å². The van der Waals surface area contributed by atoms with Crippen molar-refractivity contribution in [3.8, 4) is 22.3 Å². The summed E-state index contributed by atoms with van der Waals surface area (Å²) in [5, 5.41) is 6.54. The van der Waals surface area contributed by atoms with Gasteiger partial charge in [-0.1, -0.05) is 0 Å². The molecule has 1 heterocycles. The summed E-state index contributed by atoms with van der Waals surface area (Å²) in [5.74, 6) is 0. The van der Waals surface area contributed by atoms with Gasteiger partial charge < -0.3 is 0 Å². The fraction of sp³-hybridized carbons (Fsp3) is 0.259. The van der Waals surface area contributed by atoms with Gasteiger partial charge in [-0.15, -0.1) is 0 Å². The van der Waals surface area contributed by atoms with Crippen molar-refractivity contribution in [2.24, 2.45) is 0 Å². The van der Waals surface area contributed by atoms with Crippen molar-refractivity contribution >= 4 is 28.8 Å². The third kappa shape index (κ3) is 5.60. The molecule has 0 saturated carbocycles. The van der Waals surface area contributed by atoms with Crippen molar-refractivity contribution in [1.29, 1.82) is 0 Å². The van der Waals surface area contributed by atoms with Crippen LogP contribution in [0.2, 0.25) is 8.35 Å². The number of hydrogen-bond acceptors (Lipinski definition) is 0. The Balaban J connectivity index is 1.56. The number of hydrogen-bond donors (Lipinski definition) is 0. The second-order valence-electron chi connectivity index (χ2n) is 16.6. The van der Waals surface area contributed by atoms with Crippen LogP contribution in [0.25, 0.3) is 32.6 Å². The molecule has 2 aliphatic carbocycles. The summed E-state index contributed by atoms with van der Waals surface area (Å²) in [5.41, 5.74) is 15.8. The van der Waals surface area contributed by atoms with Crippen LogP contribution in [0.4, 0.5) is 0 Å². The normalized spacial score (nSPS) is 18.7. The van der Waals surface area contributed by atoms with Crippen LogP contribution in [-0.2, 0) is 20.0 Å². The Bertz CT molecular complexity index is 2240. The van der Waals surface area contributed by atoms with Gasteiger partial charge >= 0.3 is 344 Å². The van der Waals surface area contributed by atoms with Gasteiger partial charge in [0.2, 0.25) is 0 Å². The van der Waals surface area contributed by atoms with E-state index < -0.39 is 28.0 Å². The molecule has 0 amide bonds. The van der Waals surface area contributed by atoms with Crippen molar-refractivity contribution in [3.05, 3.63) is 191 Å². The molecular weight excluding hydrogens is 855 g/mol. The molecule has 0 fully saturated rings. The maximum atomic E-state index is 2.63. The molecule has 6 aromatic carbocycles. The topological polar surface area (TPSA) is 0 Å². The van der Waals surface area contributed by atoms with Gasteiger partial charge in [0.1, 0.15) is 0 Å². The van der Waals surface area contributed by atoms with Gasteiger partial charge in [0.25, 0.3) is 0 Å². The van der Waals surface area contributed by atoms with Crippen molar-refractivity contribution < 1.29 is 20.0 Å². The summed E-state index contributed by atoms with van der Waals surface area (Å²) >= 11 is -3.64. The predicted octanol–water partition coefficient (Wildman–Crippen LogP) is 14.1. The van der Waals surface area contributed by atoms with Crippen LogP contribution in [0.5, 0.6) is 0 Å². The number of rotatable bonds is 12. The molecule has 56 heavy (non-hydrogen) atoms. The molecule has 2 heteroatoms. The third-order valence-corrected chi connectivity index (χ3v) is 41.2. The number of fused-ring (bicyclic) bond motifs is 8. The third-order valence-electron chi connectivity index (χ3n) is 13.9. The Morgan fingerprint density at radius 3 is 1.16 bits per heavy atom. The maximum absolute atomic E-state index is 3.64. The van der Waals surface area contributed by atoms with E-state index in [9.17, 15) is 0 Å². The minimum absolute atomic E-state index is 0.568. The van der Waals surface area contributed by atoms with E-state index in [2.05, 4.69) is 185 Å². The van der Waals surface area contributed by atoms with E-state index >= 15 is 0 Å². The molecular formula is C54H56HfSi. The van der Waals surface area contributed by atoms with E-state index in [0.717, 1.165) is 12.8 Å². The summed E-state index contributed by atoms with van der Waals surface area (Å²) in [7, 11) is -3.02. The van der Waals surface area contributed by atoms with E-state index in [1.54, 1.807) is 32.6 Å². The van der Waals surface area contributed by atoms with Gasteiger partial charge in [-0.2, -0.15) is 0 Å². The molecule has 0 aromatic heterocycles. The average molecular weight is 912 g/mol. The van der Waals surface area contributed by atoms with E-state index in [-0.39, 0.29) is 0 Å². The van der Waals surface area contributed by atoms with Gasteiger partial charge in [-0.05, 0) is 0 Å². The summed E-state index contributed by atoms with van der Waals surface area (Å²) in [4.78, 5) is 0. The molecule has 280 valence electrons. The van der Waals surface area contributed by atoms with Gasteiger partial charge in [0.15, 0.2) is 0 Å². The van der Waals surface area contributed by atoms with Gasteiger partial charge in [0, 0.05) is 0 Å². The van der Waals surface area contributed by atoms with Gasteiger partial charge in [0.05, 0.1) is 0 Å². The quantitative estimate of drug-likeness (QED) is 0.107. The first-order valence-corrected chi connectivity index (χ1v) is 32.8. The fourth-order valence-corrected chi connectivity index (χ4v) is 46.2. The number of benzene rings is 6. The molecule has 0 N–H and O–H groups in total. The zero-order valence-electron chi connectivity index (χ0n) is 33.8. The molecule has 1 aliphatic heterocycles. The Labute approximate surface area is 341 Å². The van der Waals surface area contributed by atoms with Crippen LogP contribution in [0.15, 0.2) is 169 Å². The Morgan fingerprint density at radius 1 is 0.429 bits per heavy atom. The molecule has 9 rings (SSSR count). The summed E-state index contributed by atoms with van der Waals surface area (Å²) in [6.45, 7) is 9.96. The molecule has 3 aliphatic rings. The SMILES string of the molecule is CCC[CH2][Hf]1([CH2]CCC)[CH]2C(CC)=C(c3c(-c4ccccc4)cccc32)[Si](c2ccccc2)(c2ccccc2)C2=C(CC)[CH]1c1cccc(-c3ccccc3)c12. The van der Waals surface area contributed by atoms with Crippen LogP contribution in [0, 0.1) is 0 Å². The zero-order chi connectivity index (χ0) is 38.3. The second kappa shape index (κ2) is 15.7. The standard InChI is InChI=1S/C46H38Si.2C4H9.Hf/c1-3-33-31-37-23-17-29-41(35-19-9-5-10-20-35)43(37)45(33)47(39-25-13-7-14-26-39,40-27-15-8-16-28-40)46-34(4-2)32-38-24-18-30-42(44(38)46)36-21-11-6-12-22-36;2*1-3-4-2;/h5-32H,3-4H2,1-2H3;2*1,3-4H2,2H3;. The average Bonchev–Trinajstić information content (AvgIpc) is 3.81. The molecule has 6 aromatic rings. The zero-order valence-corrected chi connectivity index (χ0v) is 38.4. The van der Waals surface area contributed by atoms with Crippen LogP contribution in [0.3, 0.4) is 0 Å². The fourth-order valence-electron chi connectivity index (χ4n) is 11.9. The van der Waals surface area contributed by atoms with E-state index in [1.807, 2.05) is 11.1 Å². The number of allylic oxidation sites excluding steroid dienone is 2. The second-order valence-corrected chi connectivity index (χ2v) is 36.8. The first-order chi connectivity index (χ1) is 27.6. The Kier molecular flexibility index (Phi) is 10.5. The minimum atomic E-state index is -3.64. The summed E-state index contributed by atoms with van der Waals surface area (Å²) in [6.07, 6.45) is 7.45. The molecule has 4 bridgehead atoms. The summed E-state index contributed by atoms with van der Waals surface area (Å²) < 4.78 is 4.06. The molecule has 2 atom stereocenters. The van der Waals surface area contributed by atoms with Crippen molar-refractivity contribution in [1.82, 2.24) is 0 Å². The molecule has 0 saturated heterocycles. The van der Waals surface area contributed by atoms with E-state index in [4.69, 9.17) is 0 Å². The molecule has 0 spiro atoms. The van der Waals surface area contributed by atoms with Crippen molar-refractivity contribution in [2.45, 2.75) is 81.9 Å². The van der Waals surface area contributed by atoms with Crippen LogP contribution >= 0.6 is 0 Å². The van der Waals surface area contributed by atoms with Gasteiger partial charge in [-0.25, -0.2) is 0 Å². The predicted molar refractivity (Wildman–Crippen MR) is 241 cm³/mol. The first kappa shape index (κ1) is 37.5. The molecule has 0 nitrogen and oxygen atoms in total. The summed E-state index contributed by atoms with van der Waals surface area (Å²) in [6, 6.07) is 61.9. The Morgan fingerprint density at radius 2 is 0.804 bits per heavy atom. The molecule has 0 radical (unpaired) electrons. The molecule has 2 unspecified atom stereocenters. The number of unbranched alkanes of at least 4 members (excludes halogenated alkanes) is 2. The van der Waals surface area contributed by atoms with E-state index in [1.165, 1.54) is 66.7 Å². The van der Waals surface area contributed by atoms with E-state index in [0.29, 0.717) is 7.35 Å². The van der Waals surface area contributed by atoms with Crippen LogP contribution < -0.4 is 10.4 Å². The first-order valence-electron chi connectivity index (χ1n) is 21.6.